The number of fused-ring (bicyclic) bond motifs is 6. The van der Waals surface area contributed by atoms with Crippen molar-refractivity contribution in [2.45, 2.75) is 25.8 Å². The van der Waals surface area contributed by atoms with Crippen LogP contribution in [0.1, 0.15) is 39.4 Å². The van der Waals surface area contributed by atoms with Crippen LogP contribution in [0, 0.1) is 0 Å². The molecule has 142 valence electrons. The van der Waals surface area contributed by atoms with Crippen LogP contribution in [0.15, 0.2) is 59.4 Å². The molecule has 0 saturated heterocycles. The van der Waals surface area contributed by atoms with E-state index in [9.17, 15) is 9.90 Å². The van der Waals surface area contributed by atoms with E-state index in [0.717, 1.165) is 40.6 Å². The van der Waals surface area contributed by atoms with Gasteiger partial charge in [-0.15, -0.1) is 11.3 Å². The standard InChI is InChI=1S/C24H18N2O2S/c27-21(14-7-2-1-3-8-14)19-16-10-5-4-9-15(16)13-26-22(19)25-23(28)20-17-11-6-12-18(17)29-24(20)26/h1-5,7-10,27H,6,11-13H2/b21-19-. The quantitative estimate of drug-likeness (QED) is 0.413. The predicted molar refractivity (Wildman–Crippen MR) is 116 cm³/mol. The van der Waals surface area contributed by atoms with E-state index < -0.39 is 0 Å². The molecule has 0 fully saturated rings. The highest BCUT2D eigenvalue weighted by atomic mass is 32.1. The molecular weight excluding hydrogens is 380 g/mol. The molecule has 0 saturated carbocycles. The molecule has 1 aliphatic carbocycles. The molecule has 0 amide bonds. The summed E-state index contributed by atoms with van der Waals surface area (Å²) in [5, 5.41) is 12.0. The van der Waals surface area contributed by atoms with Gasteiger partial charge in [0, 0.05) is 10.4 Å². The van der Waals surface area contributed by atoms with Crippen LogP contribution in [-0.2, 0) is 19.4 Å². The first-order valence-electron chi connectivity index (χ1n) is 9.85. The number of thiophene rings is 1. The van der Waals surface area contributed by atoms with Gasteiger partial charge in [0.1, 0.15) is 16.4 Å². The number of aliphatic hydroxyl groups is 1. The van der Waals surface area contributed by atoms with Crippen molar-refractivity contribution < 1.29 is 5.11 Å². The molecule has 4 nitrogen and oxygen atoms in total. The zero-order valence-corrected chi connectivity index (χ0v) is 16.5. The van der Waals surface area contributed by atoms with E-state index in [1.54, 1.807) is 11.3 Å². The van der Waals surface area contributed by atoms with E-state index in [1.165, 1.54) is 10.4 Å². The zero-order valence-electron chi connectivity index (χ0n) is 15.7. The maximum atomic E-state index is 13.1. The minimum absolute atomic E-state index is 0.154. The summed E-state index contributed by atoms with van der Waals surface area (Å²) in [6, 6.07) is 17.5. The minimum atomic E-state index is -0.177. The van der Waals surface area contributed by atoms with E-state index in [4.69, 9.17) is 0 Å². The monoisotopic (exact) mass is 398 g/mol. The molecule has 2 aromatic carbocycles. The third-order valence-corrected chi connectivity index (χ3v) is 7.26. The van der Waals surface area contributed by atoms with E-state index in [2.05, 4.69) is 15.6 Å². The Bertz CT molecular complexity index is 1380. The SMILES string of the molecule is O=c1nc2n(c3sc4c(c13)CCC4)Cc1ccccc1/C2=C(/O)c1ccccc1. The lowest BCUT2D eigenvalue weighted by Crippen LogP contribution is -2.23. The zero-order chi connectivity index (χ0) is 19.5. The lowest BCUT2D eigenvalue weighted by molar-refractivity contribution is 0.512. The molecule has 0 unspecified atom stereocenters. The summed E-state index contributed by atoms with van der Waals surface area (Å²) in [5.74, 6) is 0.712. The van der Waals surface area contributed by atoms with Crippen LogP contribution < -0.4 is 5.56 Å². The number of aryl methyl sites for hydroxylation is 2. The molecular formula is C24H18N2O2S. The Labute approximate surface area is 171 Å². The topological polar surface area (TPSA) is 55.1 Å². The summed E-state index contributed by atoms with van der Waals surface area (Å²) in [5.41, 5.74) is 4.42. The fourth-order valence-electron chi connectivity index (χ4n) is 4.61. The maximum Gasteiger partial charge on any atom is 0.282 e. The van der Waals surface area contributed by atoms with Gasteiger partial charge in [-0.1, -0.05) is 54.6 Å². The molecule has 5 heteroatoms. The van der Waals surface area contributed by atoms with Crippen LogP contribution in [0.3, 0.4) is 0 Å². The van der Waals surface area contributed by atoms with Crippen molar-refractivity contribution in [2.24, 2.45) is 0 Å². The lowest BCUT2D eigenvalue weighted by atomic mass is 9.92. The van der Waals surface area contributed by atoms with E-state index in [1.807, 2.05) is 48.5 Å². The van der Waals surface area contributed by atoms with Crippen molar-refractivity contribution in [3.63, 3.8) is 0 Å². The number of hydrogen-bond donors (Lipinski definition) is 1. The number of benzene rings is 2. The maximum absolute atomic E-state index is 13.1. The molecule has 1 N–H and O–H groups in total. The van der Waals surface area contributed by atoms with Gasteiger partial charge in [0.2, 0.25) is 0 Å². The van der Waals surface area contributed by atoms with Crippen LogP contribution in [-0.4, -0.2) is 14.7 Å². The highest BCUT2D eigenvalue weighted by Gasteiger charge is 2.30. The molecule has 0 bridgehead atoms. The van der Waals surface area contributed by atoms with Crippen LogP contribution in [0.25, 0.3) is 21.5 Å². The Morgan fingerprint density at radius 3 is 2.69 bits per heavy atom. The molecule has 2 aromatic heterocycles. The largest absolute Gasteiger partial charge is 0.507 e. The van der Waals surface area contributed by atoms with Crippen molar-refractivity contribution >= 4 is 32.9 Å². The average molecular weight is 398 g/mol. The van der Waals surface area contributed by atoms with Gasteiger partial charge in [0.25, 0.3) is 5.56 Å². The van der Waals surface area contributed by atoms with Gasteiger partial charge in [-0.3, -0.25) is 4.79 Å². The van der Waals surface area contributed by atoms with Gasteiger partial charge in [-0.25, -0.2) is 0 Å². The second-order valence-electron chi connectivity index (χ2n) is 7.61. The minimum Gasteiger partial charge on any atom is -0.507 e. The Balaban J connectivity index is 1.72. The van der Waals surface area contributed by atoms with Crippen molar-refractivity contribution in [3.8, 4) is 0 Å². The lowest BCUT2D eigenvalue weighted by Gasteiger charge is -2.25. The van der Waals surface area contributed by atoms with Gasteiger partial charge in [-0.05, 0) is 36.0 Å². The van der Waals surface area contributed by atoms with Crippen LogP contribution in [0.5, 0.6) is 0 Å². The molecule has 3 heterocycles. The number of rotatable bonds is 1. The summed E-state index contributed by atoms with van der Waals surface area (Å²) in [6.07, 6.45) is 3.11. The number of aliphatic hydroxyl groups excluding tert-OH is 1. The van der Waals surface area contributed by atoms with Gasteiger partial charge < -0.3 is 9.67 Å². The van der Waals surface area contributed by atoms with Crippen LogP contribution in [0.4, 0.5) is 0 Å². The van der Waals surface area contributed by atoms with Crippen molar-refractivity contribution in [1.29, 1.82) is 0 Å². The Morgan fingerprint density at radius 2 is 1.83 bits per heavy atom. The molecule has 0 atom stereocenters. The number of hydrogen-bond acceptors (Lipinski definition) is 4. The summed E-state index contributed by atoms with van der Waals surface area (Å²) >= 11 is 1.72. The molecule has 4 aromatic rings. The second kappa shape index (κ2) is 6.16. The van der Waals surface area contributed by atoms with Gasteiger partial charge in [-0.2, -0.15) is 4.98 Å². The van der Waals surface area contributed by atoms with Crippen molar-refractivity contribution in [3.05, 3.63) is 97.9 Å². The summed E-state index contributed by atoms with van der Waals surface area (Å²) < 4.78 is 2.12. The van der Waals surface area contributed by atoms with Crippen molar-refractivity contribution in [2.75, 3.05) is 0 Å². The Hall–Kier alpha value is -3.18. The van der Waals surface area contributed by atoms with Gasteiger partial charge in [0.05, 0.1) is 17.5 Å². The number of nitrogens with zero attached hydrogens (tertiary/aromatic N) is 2. The highest BCUT2D eigenvalue weighted by Crippen LogP contribution is 2.41. The first-order chi connectivity index (χ1) is 14.2. The average Bonchev–Trinajstić information content (AvgIpc) is 3.34. The first-order valence-corrected chi connectivity index (χ1v) is 10.7. The fraction of sp³-hybridized carbons (Fsp3) is 0.167. The van der Waals surface area contributed by atoms with Gasteiger partial charge in [0.15, 0.2) is 0 Å². The summed E-state index contributed by atoms with van der Waals surface area (Å²) in [6.45, 7) is 0.653. The van der Waals surface area contributed by atoms with Gasteiger partial charge >= 0.3 is 0 Å². The second-order valence-corrected chi connectivity index (χ2v) is 8.69. The van der Waals surface area contributed by atoms with Crippen molar-refractivity contribution in [1.82, 2.24) is 9.55 Å². The molecule has 0 spiro atoms. The molecule has 2 aliphatic rings. The van der Waals surface area contributed by atoms with E-state index in [-0.39, 0.29) is 11.3 Å². The van der Waals surface area contributed by atoms with E-state index >= 15 is 0 Å². The molecule has 0 radical (unpaired) electrons. The number of aromatic nitrogens is 2. The first kappa shape index (κ1) is 16.7. The molecule has 6 rings (SSSR count). The third kappa shape index (κ3) is 2.37. The normalized spacial score (nSPS) is 16.4. The summed E-state index contributed by atoms with van der Waals surface area (Å²) in [7, 11) is 0. The predicted octanol–water partition coefficient (Wildman–Crippen LogP) is 4.78. The highest BCUT2D eigenvalue weighted by molar-refractivity contribution is 7.19. The van der Waals surface area contributed by atoms with E-state index in [0.29, 0.717) is 23.5 Å². The third-order valence-electron chi connectivity index (χ3n) is 5.95. The Morgan fingerprint density at radius 1 is 1.03 bits per heavy atom. The molecule has 29 heavy (non-hydrogen) atoms. The van der Waals surface area contributed by atoms with Crippen LogP contribution in [0.2, 0.25) is 0 Å². The fourth-order valence-corrected chi connectivity index (χ4v) is 5.99. The Kier molecular flexibility index (Phi) is 3.56. The molecule has 1 aliphatic heterocycles. The smallest absolute Gasteiger partial charge is 0.282 e. The van der Waals surface area contributed by atoms with Crippen LogP contribution >= 0.6 is 11.3 Å². The summed E-state index contributed by atoms with van der Waals surface area (Å²) in [4.78, 5) is 19.9.